The molecule has 1 aliphatic rings. The van der Waals surface area contributed by atoms with Crippen molar-refractivity contribution < 1.29 is 5.11 Å². The Labute approximate surface area is 198 Å². The molecule has 1 saturated heterocycles. The molecule has 1 aliphatic heterocycles. The van der Waals surface area contributed by atoms with Gasteiger partial charge in [0.2, 0.25) is 5.65 Å². The number of nitrogens with one attached hydrogen (secondary N) is 1. The molecule has 0 bridgehead atoms. The zero-order chi connectivity index (χ0) is 22.7. The standard InChI is InChI=1S/C23H28N8O.ClH/c1-22(2)10-16(11-23(3,4)28-22)31-21-19(26-29-31)9-18(25-27-21)17-7-6-14(8-20(17)32)15-12-24-30(5)13-15;/h6-9,12-13,16,28,32H,10-11H2,1-5H3;1H. The van der Waals surface area contributed by atoms with Crippen LogP contribution < -0.4 is 5.32 Å². The Balaban J connectivity index is 0.00000259. The molecule has 4 heterocycles. The third kappa shape index (κ3) is 4.43. The summed E-state index contributed by atoms with van der Waals surface area (Å²) in [5.41, 5.74) is 4.29. The molecule has 174 valence electrons. The van der Waals surface area contributed by atoms with Gasteiger partial charge in [-0.05, 0) is 64.3 Å². The summed E-state index contributed by atoms with van der Waals surface area (Å²) in [4.78, 5) is 0. The number of benzene rings is 1. The average molecular weight is 469 g/mol. The largest absolute Gasteiger partial charge is 0.507 e. The Morgan fingerprint density at radius 1 is 1.00 bits per heavy atom. The van der Waals surface area contributed by atoms with E-state index in [1.54, 1.807) is 16.9 Å². The van der Waals surface area contributed by atoms with E-state index in [2.05, 4.69) is 58.6 Å². The maximum atomic E-state index is 10.7. The molecule has 33 heavy (non-hydrogen) atoms. The molecule has 0 aliphatic carbocycles. The highest BCUT2D eigenvalue weighted by Crippen LogP contribution is 2.37. The summed E-state index contributed by atoms with van der Waals surface area (Å²) in [6, 6.07) is 7.51. The van der Waals surface area contributed by atoms with Crippen LogP contribution in [0.1, 0.15) is 46.6 Å². The van der Waals surface area contributed by atoms with Crippen LogP contribution in [0.2, 0.25) is 0 Å². The van der Waals surface area contributed by atoms with Crippen molar-refractivity contribution in [2.75, 3.05) is 0 Å². The second kappa shape index (κ2) is 8.07. The Kier molecular flexibility index (Phi) is 5.66. The molecule has 9 nitrogen and oxygen atoms in total. The number of aryl methyl sites for hydroxylation is 1. The highest BCUT2D eigenvalue weighted by molar-refractivity contribution is 5.85. The Hall–Kier alpha value is -3.04. The quantitative estimate of drug-likeness (QED) is 0.469. The van der Waals surface area contributed by atoms with Crippen LogP contribution in [0, 0.1) is 0 Å². The van der Waals surface area contributed by atoms with E-state index in [4.69, 9.17) is 0 Å². The van der Waals surface area contributed by atoms with Crippen molar-refractivity contribution >= 4 is 23.6 Å². The molecule has 5 rings (SSSR count). The van der Waals surface area contributed by atoms with Gasteiger partial charge in [0.05, 0.1) is 17.9 Å². The first-order chi connectivity index (χ1) is 15.1. The number of phenolic OH excluding ortho intramolecular Hbond substituents is 1. The zero-order valence-corrected chi connectivity index (χ0v) is 20.3. The van der Waals surface area contributed by atoms with Gasteiger partial charge >= 0.3 is 0 Å². The maximum Gasteiger partial charge on any atom is 0.201 e. The number of hydrogen-bond acceptors (Lipinski definition) is 7. The lowest BCUT2D eigenvalue weighted by Gasteiger charge is -2.46. The van der Waals surface area contributed by atoms with Gasteiger partial charge in [0, 0.05) is 35.4 Å². The van der Waals surface area contributed by atoms with E-state index in [0.29, 0.717) is 22.4 Å². The van der Waals surface area contributed by atoms with Gasteiger partial charge in [0.25, 0.3) is 0 Å². The number of nitrogens with zero attached hydrogens (tertiary/aromatic N) is 7. The van der Waals surface area contributed by atoms with Crippen LogP contribution in [-0.4, -0.2) is 51.2 Å². The van der Waals surface area contributed by atoms with Gasteiger partial charge in [0.15, 0.2) is 0 Å². The second-order valence-corrected chi connectivity index (χ2v) is 10.1. The molecule has 3 aromatic heterocycles. The number of aromatic nitrogens is 7. The molecule has 1 aromatic carbocycles. The van der Waals surface area contributed by atoms with Crippen LogP contribution >= 0.6 is 12.4 Å². The Morgan fingerprint density at radius 3 is 2.36 bits per heavy atom. The molecular weight excluding hydrogens is 440 g/mol. The van der Waals surface area contributed by atoms with Gasteiger partial charge in [-0.15, -0.1) is 27.7 Å². The van der Waals surface area contributed by atoms with Crippen LogP contribution in [0.3, 0.4) is 0 Å². The number of piperidine rings is 1. The summed E-state index contributed by atoms with van der Waals surface area (Å²) in [5, 5.41) is 36.2. The van der Waals surface area contributed by atoms with Gasteiger partial charge in [-0.3, -0.25) is 4.68 Å². The number of rotatable bonds is 3. The van der Waals surface area contributed by atoms with Gasteiger partial charge in [-0.1, -0.05) is 11.3 Å². The summed E-state index contributed by atoms with van der Waals surface area (Å²) in [6.07, 6.45) is 5.52. The molecule has 2 N–H and O–H groups in total. The molecule has 0 unspecified atom stereocenters. The van der Waals surface area contributed by atoms with Gasteiger partial charge < -0.3 is 10.4 Å². The topological polar surface area (TPSA) is 107 Å². The molecule has 0 atom stereocenters. The van der Waals surface area contributed by atoms with Crippen LogP contribution in [0.4, 0.5) is 0 Å². The molecular formula is C23H29ClN8O. The van der Waals surface area contributed by atoms with E-state index in [1.165, 1.54) is 0 Å². The predicted molar refractivity (Wildman–Crippen MR) is 129 cm³/mol. The fraction of sp³-hybridized carbons (Fsp3) is 0.435. The number of halogens is 1. The van der Waals surface area contributed by atoms with Crippen molar-refractivity contribution in [2.24, 2.45) is 7.05 Å². The monoisotopic (exact) mass is 468 g/mol. The Bertz CT molecular complexity index is 1290. The SMILES string of the molecule is Cl.Cn1cc(-c2ccc(-c3cc4nnn(C5CC(C)(C)NC(C)(C)C5)c4nn3)c(O)c2)cn1. The van der Waals surface area contributed by atoms with Crippen LogP contribution in [0.15, 0.2) is 36.7 Å². The fourth-order valence-corrected chi connectivity index (χ4v) is 5.07. The zero-order valence-electron chi connectivity index (χ0n) is 19.4. The first-order valence-corrected chi connectivity index (χ1v) is 10.8. The summed E-state index contributed by atoms with van der Waals surface area (Å²) in [7, 11) is 1.86. The van der Waals surface area contributed by atoms with Crippen LogP contribution in [-0.2, 0) is 7.05 Å². The Morgan fingerprint density at radius 2 is 1.73 bits per heavy atom. The van der Waals surface area contributed by atoms with E-state index >= 15 is 0 Å². The van der Waals surface area contributed by atoms with Crippen molar-refractivity contribution in [3.63, 3.8) is 0 Å². The summed E-state index contributed by atoms with van der Waals surface area (Å²) in [5.74, 6) is 0.134. The first-order valence-electron chi connectivity index (χ1n) is 10.8. The van der Waals surface area contributed by atoms with Crippen molar-refractivity contribution in [1.82, 2.24) is 40.3 Å². The lowest BCUT2D eigenvalue weighted by molar-refractivity contribution is 0.127. The van der Waals surface area contributed by atoms with Gasteiger partial charge in [0.1, 0.15) is 11.3 Å². The van der Waals surface area contributed by atoms with Crippen LogP contribution in [0.5, 0.6) is 5.75 Å². The molecule has 4 aromatic rings. The van der Waals surface area contributed by atoms with Crippen molar-refractivity contribution in [1.29, 1.82) is 0 Å². The normalized spacial score (nSPS) is 17.7. The molecule has 1 fully saturated rings. The van der Waals surface area contributed by atoms with Crippen molar-refractivity contribution in [2.45, 2.75) is 57.7 Å². The summed E-state index contributed by atoms with van der Waals surface area (Å²) < 4.78 is 3.63. The third-order valence-corrected chi connectivity index (χ3v) is 6.05. The van der Waals surface area contributed by atoms with E-state index in [1.807, 2.05) is 36.1 Å². The van der Waals surface area contributed by atoms with Crippen molar-refractivity contribution in [3.05, 3.63) is 36.7 Å². The lowest BCUT2D eigenvalue weighted by atomic mass is 9.80. The lowest BCUT2D eigenvalue weighted by Crippen LogP contribution is -2.58. The minimum absolute atomic E-state index is 0. The minimum atomic E-state index is -0.0140. The number of hydrogen-bond donors (Lipinski definition) is 2. The van der Waals surface area contributed by atoms with E-state index in [0.717, 1.165) is 24.0 Å². The highest BCUT2D eigenvalue weighted by Gasteiger charge is 2.39. The minimum Gasteiger partial charge on any atom is -0.507 e. The molecule has 0 saturated carbocycles. The number of phenols is 1. The second-order valence-electron chi connectivity index (χ2n) is 10.1. The average Bonchev–Trinajstić information content (AvgIpc) is 3.31. The summed E-state index contributed by atoms with van der Waals surface area (Å²) in [6.45, 7) is 8.84. The third-order valence-electron chi connectivity index (χ3n) is 6.05. The van der Waals surface area contributed by atoms with Crippen LogP contribution in [0.25, 0.3) is 33.5 Å². The molecule has 10 heteroatoms. The fourth-order valence-electron chi connectivity index (χ4n) is 5.07. The summed E-state index contributed by atoms with van der Waals surface area (Å²) >= 11 is 0. The van der Waals surface area contributed by atoms with Gasteiger partial charge in [-0.2, -0.15) is 5.10 Å². The van der Waals surface area contributed by atoms with Crippen molar-refractivity contribution in [3.8, 4) is 28.1 Å². The van der Waals surface area contributed by atoms with E-state index in [-0.39, 0.29) is 35.3 Å². The smallest absolute Gasteiger partial charge is 0.201 e. The number of fused-ring (bicyclic) bond motifs is 1. The maximum absolute atomic E-state index is 10.7. The first kappa shape index (κ1) is 23.1. The number of aromatic hydroxyl groups is 1. The van der Waals surface area contributed by atoms with E-state index in [9.17, 15) is 5.11 Å². The molecule has 0 radical (unpaired) electrons. The molecule has 0 spiro atoms. The highest BCUT2D eigenvalue weighted by atomic mass is 35.5. The predicted octanol–water partition coefficient (Wildman–Crippen LogP) is 3.90. The van der Waals surface area contributed by atoms with E-state index < -0.39 is 0 Å². The molecule has 0 amide bonds. The van der Waals surface area contributed by atoms with Gasteiger partial charge in [-0.25, -0.2) is 4.68 Å².